The van der Waals surface area contributed by atoms with Gasteiger partial charge in [0.05, 0.1) is 25.0 Å². The Hall–Kier alpha value is -2.69. The van der Waals surface area contributed by atoms with E-state index in [1.54, 1.807) is 7.11 Å². The maximum Gasteiger partial charge on any atom is 0.243 e. The van der Waals surface area contributed by atoms with Gasteiger partial charge in [-0.3, -0.25) is 4.79 Å². The highest BCUT2D eigenvalue weighted by molar-refractivity contribution is 5.95. The molecule has 24 heavy (non-hydrogen) atoms. The van der Waals surface area contributed by atoms with Crippen LogP contribution in [0.25, 0.3) is 0 Å². The largest absolute Gasteiger partial charge is 0.497 e. The predicted octanol–water partition coefficient (Wildman–Crippen LogP) is 3.34. The van der Waals surface area contributed by atoms with Gasteiger partial charge in [-0.2, -0.15) is 0 Å². The van der Waals surface area contributed by atoms with Crippen LogP contribution in [-0.2, 0) is 4.79 Å². The van der Waals surface area contributed by atoms with E-state index < -0.39 is 0 Å². The first-order valence-electron chi connectivity index (χ1n) is 8.03. The maximum atomic E-state index is 12.5. The zero-order valence-electron chi connectivity index (χ0n) is 14.3. The molecule has 0 spiro atoms. The summed E-state index contributed by atoms with van der Waals surface area (Å²) in [5.74, 6) is 0.735. The number of nitrogens with one attached hydrogen (secondary N) is 2. The van der Waals surface area contributed by atoms with Crippen molar-refractivity contribution in [3.8, 4) is 5.75 Å². The molecule has 2 aromatic rings. The van der Waals surface area contributed by atoms with Crippen LogP contribution in [-0.4, -0.2) is 31.6 Å². The number of nitrogens with zero attached hydrogens (tertiary/aromatic N) is 1. The van der Waals surface area contributed by atoms with E-state index in [-0.39, 0.29) is 11.4 Å². The van der Waals surface area contributed by atoms with E-state index in [1.165, 1.54) is 0 Å². The molecule has 1 aliphatic heterocycles. The van der Waals surface area contributed by atoms with Gasteiger partial charge in [0.1, 0.15) is 5.75 Å². The molecule has 1 amide bonds. The predicted molar refractivity (Wildman–Crippen MR) is 98.0 cm³/mol. The van der Waals surface area contributed by atoms with E-state index in [2.05, 4.69) is 29.4 Å². The molecular formula is C19H23N3O2. The lowest BCUT2D eigenvalue weighted by Crippen LogP contribution is -2.50. The van der Waals surface area contributed by atoms with Crippen molar-refractivity contribution < 1.29 is 9.53 Å². The summed E-state index contributed by atoms with van der Waals surface area (Å²) in [4.78, 5) is 14.6. The summed E-state index contributed by atoms with van der Waals surface area (Å²) in [5.41, 5.74) is 2.80. The Labute approximate surface area is 142 Å². The molecule has 0 saturated heterocycles. The van der Waals surface area contributed by atoms with Crippen LogP contribution in [0.15, 0.2) is 48.5 Å². The Morgan fingerprint density at radius 2 is 1.92 bits per heavy atom. The van der Waals surface area contributed by atoms with Crippen molar-refractivity contribution in [3.63, 3.8) is 0 Å². The van der Waals surface area contributed by atoms with Gasteiger partial charge in [0.2, 0.25) is 5.91 Å². The SMILES string of the molecule is COc1ccc(NC(=O)CN2CC(C)(C)Nc3ccccc32)cc1. The lowest BCUT2D eigenvalue weighted by atomic mass is 9.99. The third-order valence-electron chi connectivity index (χ3n) is 4.01. The second-order valence-corrected chi connectivity index (χ2v) is 6.66. The molecule has 2 N–H and O–H groups in total. The monoisotopic (exact) mass is 325 g/mol. The van der Waals surface area contributed by atoms with E-state index in [0.29, 0.717) is 6.54 Å². The number of carbonyl (C=O) groups excluding carboxylic acids is 1. The molecule has 1 heterocycles. The van der Waals surface area contributed by atoms with Gasteiger partial charge < -0.3 is 20.3 Å². The summed E-state index contributed by atoms with van der Waals surface area (Å²) in [6, 6.07) is 15.4. The first-order chi connectivity index (χ1) is 11.5. The van der Waals surface area contributed by atoms with Crippen molar-refractivity contribution in [3.05, 3.63) is 48.5 Å². The third-order valence-corrected chi connectivity index (χ3v) is 4.01. The molecule has 0 bridgehead atoms. The summed E-state index contributed by atoms with van der Waals surface area (Å²) in [5, 5.41) is 6.46. The number of benzene rings is 2. The third kappa shape index (κ3) is 3.62. The van der Waals surface area contributed by atoms with Gasteiger partial charge in [-0.05, 0) is 50.2 Å². The molecule has 126 valence electrons. The highest BCUT2D eigenvalue weighted by atomic mass is 16.5. The van der Waals surface area contributed by atoms with E-state index >= 15 is 0 Å². The Kier molecular flexibility index (Phi) is 4.34. The zero-order valence-corrected chi connectivity index (χ0v) is 14.3. The molecule has 5 nitrogen and oxygen atoms in total. The minimum atomic E-state index is -0.0885. The Bertz CT molecular complexity index is 726. The minimum Gasteiger partial charge on any atom is -0.497 e. The van der Waals surface area contributed by atoms with Crippen LogP contribution in [0.2, 0.25) is 0 Å². The molecule has 1 aliphatic rings. The van der Waals surface area contributed by atoms with Gasteiger partial charge in [0, 0.05) is 17.8 Å². The van der Waals surface area contributed by atoms with E-state index in [9.17, 15) is 4.79 Å². The molecule has 0 aromatic heterocycles. The molecule has 0 unspecified atom stereocenters. The molecule has 0 radical (unpaired) electrons. The number of hydrogen-bond acceptors (Lipinski definition) is 4. The van der Waals surface area contributed by atoms with Gasteiger partial charge in [-0.25, -0.2) is 0 Å². The average Bonchev–Trinajstić information content (AvgIpc) is 2.54. The molecule has 0 saturated carbocycles. The van der Waals surface area contributed by atoms with Gasteiger partial charge in [0.15, 0.2) is 0 Å². The first-order valence-corrected chi connectivity index (χ1v) is 8.03. The van der Waals surface area contributed by atoms with Crippen LogP contribution in [0.3, 0.4) is 0 Å². The van der Waals surface area contributed by atoms with Crippen LogP contribution in [0, 0.1) is 0 Å². The van der Waals surface area contributed by atoms with Crippen molar-refractivity contribution in [2.45, 2.75) is 19.4 Å². The smallest absolute Gasteiger partial charge is 0.243 e. The second-order valence-electron chi connectivity index (χ2n) is 6.66. The highest BCUT2D eigenvalue weighted by Gasteiger charge is 2.30. The van der Waals surface area contributed by atoms with E-state index in [1.807, 2.05) is 48.5 Å². The number of amides is 1. The first kappa shape index (κ1) is 16.2. The van der Waals surface area contributed by atoms with Crippen molar-refractivity contribution in [2.24, 2.45) is 0 Å². The molecule has 3 rings (SSSR count). The molecule has 0 atom stereocenters. The fraction of sp³-hybridized carbons (Fsp3) is 0.316. The van der Waals surface area contributed by atoms with Crippen LogP contribution >= 0.6 is 0 Å². The van der Waals surface area contributed by atoms with Crippen LogP contribution < -0.4 is 20.3 Å². The fourth-order valence-corrected chi connectivity index (χ4v) is 3.01. The van der Waals surface area contributed by atoms with Crippen LogP contribution in [0.5, 0.6) is 5.75 Å². The summed E-state index contributed by atoms with van der Waals surface area (Å²) >= 11 is 0. The van der Waals surface area contributed by atoms with Crippen molar-refractivity contribution in [1.29, 1.82) is 0 Å². The van der Waals surface area contributed by atoms with Gasteiger partial charge in [0.25, 0.3) is 0 Å². The number of hydrogen-bond donors (Lipinski definition) is 2. The van der Waals surface area contributed by atoms with Crippen LogP contribution in [0.1, 0.15) is 13.8 Å². The van der Waals surface area contributed by atoms with Crippen molar-refractivity contribution in [2.75, 3.05) is 35.7 Å². The number of ether oxygens (including phenoxy) is 1. The molecule has 0 fully saturated rings. The summed E-state index contributed by atoms with van der Waals surface area (Å²) in [7, 11) is 1.62. The van der Waals surface area contributed by atoms with Crippen molar-refractivity contribution >= 4 is 23.0 Å². The summed E-state index contributed by atoms with van der Waals surface area (Å²) in [6.45, 7) is 5.35. The summed E-state index contributed by atoms with van der Waals surface area (Å²) in [6.07, 6.45) is 0. The molecule has 2 aromatic carbocycles. The number of rotatable bonds is 4. The molecule has 5 heteroatoms. The minimum absolute atomic E-state index is 0.0346. The number of anilines is 3. The van der Waals surface area contributed by atoms with E-state index in [4.69, 9.17) is 4.74 Å². The Morgan fingerprint density at radius 1 is 1.21 bits per heavy atom. The van der Waals surface area contributed by atoms with Gasteiger partial charge in [-0.1, -0.05) is 12.1 Å². The highest BCUT2D eigenvalue weighted by Crippen LogP contribution is 2.33. The molecular weight excluding hydrogens is 302 g/mol. The van der Waals surface area contributed by atoms with Crippen LogP contribution in [0.4, 0.5) is 17.1 Å². The fourth-order valence-electron chi connectivity index (χ4n) is 3.01. The second kappa shape index (κ2) is 6.43. The Morgan fingerprint density at radius 3 is 2.62 bits per heavy atom. The molecule has 0 aliphatic carbocycles. The lowest BCUT2D eigenvalue weighted by molar-refractivity contribution is -0.115. The standard InChI is InChI=1S/C19H23N3O2/c1-19(2)13-22(17-7-5-4-6-16(17)21-19)12-18(23)20-14-8-10-15(24-3)11-9-14/h4-11,21H,12-13H2,1-3H3,(H,20,23). The number of carbonyl (C=O) groups is 1. The normalized spacial score (nSPS) is 15.2. The topological polar surface area (TPSA) is 53.6 Å². The van der Waals surface area contributed by atoms with Gasteiger partial charge in [-0.15, -0.1) is 0 Å². The maximum absolute atomic E-state index is 12.5. The number of fused-ring (bicyclic) bond motifs is 1. The van der Waals surface area contributed by atoms with Crippen molar-refractivity contribution in [1.82, 2.24) is 0 Å². The number of methoxy groups -OCH3 is 1. The Balaban J connectivity index is 1.71. The average molecular weight is 325 g/mol. The zero-order chi connectivity index (χ0) is 17.2. The lowest BCUT2D eigenvalue weighted by Gasteiger charge is -2.41. The van der Waals surface area contributed by atoms with Gasteiger partial charge >= 0.3 is 0 Å². The van der Waals surface area contributed by atoms with E-state index in [0.717, 1.165) is 29.4 Å². The number of para-hydroxylation sites is 2. The quantitative estimate of drug-likeness (QED) is 0.905. The summed E-state index contributed by atoms with van der Waals surface area (Å²) < 4.78 is 5.13.